The number of ether oxygens (including phenoxy) is 3. The fourth-order valence-electron chi connectivity index (χ4n) is 6.81. The van der Waals surface area contributed by atoms with Crippen LogP contribution in [-0.2, 0) is 33.7 Å². The second kappa shape index (κ2) is 14.6. The molecular formula is C42H39N3O7. The molecule has 3 atom stereocenters. The molecule has 0 aliphatic carbocycles. The number of aromatic nitrogens is 1. The number of pyridine rings is 1. The zero-order valence-electron chi connectivity index (χ0n) is 29.2. The number of amides is 2. The summed E-state index contributed by atoms with van der Waals surface area (Å²) < 4.78 is 17.6. The molecule has 10 heteroatoms. The van der Waals surface area contributed by atoms with E-state index in [9.17, 15) is 19.5 Å². The Morgan fingerprint density at radius 1 is 0.942 bits per heavy atom. The molecule has 3 heterocycles. The van der Waals surface area contributed by atoms with Crippen LogP contribution >= 0.6 is 0 Å². The first-order chi connectivity index (χ1) is 25.2. The summed E-state index contributed by atoms with van der Waals surface area (Å²) in [6, 6.07) is 27.3. The van der Waals surface area contributed by atoms with Gasteiger partial charge < -0.3 is 29.5 Å². The maximum Gasteiger partial charge on any atom is 0.328 e. The number of hydrogen-bond acceptors (Lipinski definition) is 8. The van der Waals surface area contributed by atoms with E-state index in [1.165, 1.54) is 7.11 Å². The van der Waals surface area contributed by atoms with Gasteiger partial charge in [-0.25, -0.2) is 4.79 Å². The third-order valence-electron chi connectivity index (χ3n) is 9.87. The van der Waals surface area contributed by atoms with Crippen LogP contribution < -0.4 is 14.8 Å². The van der Waals surface area contributed by atoms with E-state index in [1.807, 2.05) is 62.4 Å². The molecular weight excluding hydrogens is 658 g/mol. The smallest absolute Gasteiger partial charge is 0.328 e. The van der Waals surface area contributed by atoms with Crippen molar-refractivity contribution < 1.29 is 33.7 Å². The minimum absolute atomic E-state index is 0.139. The highest BCUT2D eigenvalue weighted by Crippen LogP contribution is 2.41. The first-order valence-corrected chi connectivity index (χ1v) is 17.2. The van der Waals surface area contributed by atoms with Gasteiger partial charge in [-0.3, -0.25) is 14.6 Å². The summed E-state index contributed by atoms with van der Waals surface area (Å²) in [5, 5.41) is 12.6. The summed E-state index contributed by atoms with van der Waals surface area (Å²) >= 11 is 0. The molecule has 0 bridgehead atoms. The number of benzene rings is 4. The topological polar surface area (TPSA) is 127 Å². The zero-order chi connectivity index (χ0) is 36.4. The predicted molar refractivity (Wildman–Crippen MR) is 194 cm³/mol. The maximum atomic E-state index is 14.2. The van der Waals surface area contributed by atoms with Gasteiger partial charge >= 0.3 is 5.97 Å². The Morgan fingerprint density at radius 3 is 2.40 bits per heavy atom. The molecule has 2 amide bonds. The number of methoxy groups -OCH3 is 1. The molecule has 2 N–H and O–H groups in total. The number of fused-ring (bicyclic) bond motifs is 2. The number of nitrogens with zero attached hydrogens (tertiary/aromatic N) is 2. The second-order valence-corrected chi connectivity index (χ2v) is 13.1. The summed E-state index contributed by atoms with van der Waals surface area (Å²) in [6.07, 6.45) is 1.80. The molecule has 0 saturated heterocycles. The number of nitrogens with one attached hydrogen (secondary N) is 1. The number of carbonyl (C=O) groups is 3. The Balaban J connectivity index is 1.14. The van der Waals surface area contributed by atoms with E-state index in [1.54, 1.807) is 59.6 Å². The highest BCUT2D eigenvalue weighted by atomic mass is 16.6. The zero-order valence-corrected chi connectivity index (χ0v) is 29.2. The molecule has 2 aliphatic rings. The van der Waals surface area contributed by atoms with Crippen molar-refractivity contribution in [3.8, 4) is 28.4 Å². The standard InChI is InChI=1S/C42H39N3O7/c1-25-26(2)43-18-17-34(25)28-11-9-27(10-12-28)19-35(42(49)50-3)44-40(47)36-20-31-21-37-38(52-39(24-51-37)29-13-15-33(46)16-14-29)22-32(31)23-45(36)41(48)30-7-5-4-6-8-30/h4-18,21-22,35-36,39,46H,19-20,23-24H2,1-3H3,(H,44,47)/t35?,36-,39+/m0/s1. The Kier molecular flexibility index (Phi) is 9.63. The maximum absolute atomic E-state index is 14.2. The van der Waals surface area contributed by atoms with Crippen LogP contribution in [0.5, 0.6) is 17.2 Å². The van der Waals surface area contributed by atoms with Crippen molar-refractivity contribution in [3.63, 3.8) is 0 Å². The number of phenols is 1. The predicted octanol–water partition coefficient (Wildman–Crippen LogP) is 6.05. The van der Waals surface area contributed by atoms with Gasteiger partial charge in [0.05, 0.1) is 7.11 Å². The van der Waals surface area contributed by atoms with Crippen LogP contribution in [0.4, 0.5) is 0 Å². The van der Waals surface area contributed by atoms with Gasteiger partial charge in [-0.05, 0) is 95.3 Å². The molecule has 0 saturated carbocycles. The van der Waals surface area contributed by atoms with Crippen LogP contribution in [0.15, 0.2) is 103 Å². The van der Waals surface area contributed by atoms with Gasteiger partial charge in [-0.1, -0.05) is 54.6 Å². The van der Waals surface area contributed by atoms with Gasteiger partial charge in [0.25, 0.3) is 5.91 Å². The molecule has 1 unspecified atom stereocenters. The fourth-order valence-corrected chi connectivity index (χ4v) is 6.81. The van der Waals surface area contributed by atoms with E-state index in [0.717, 1.165) is 44.6 Å². The number of carbonyl (C=O) groups excluding carboxylic acids is 3. The van der Waals surface area contributed by atoms with Gasteiger partial charge in [-0.15, -0.1) is 0 Å². The van der Waals surface area contributed by atoms with Crippen LogP contribution in [0.1, 0.15) is 50.0 Å². The van der Waals surface area contributed by atoms with E-state index in [-0.39, 0.29) is 43.8 Å². The lowest BCUT2D eigenvalue weighted by molar-refractivity contribution is -0.145. The SMILES string of the molecule is COC(=O)C(Cc1ccc(-c2ccnc(C)c2C)cc1)NC(=O)[C@@H]1Cc2cc3c(cc2CN1C(=O)c1ccccc1)O[C@@H](c1ccc(O)cc1)CO3. The first kappa shape index (κ1) is 34.3. The van der Waals surface area contributed by atoms with Crippen LogP contribution in [0.25, 0.3) is 11.1 Å². The van der Waals surface area contributed by atoms with Gasteiger partial charge in [0.2, 0.25) is 5.91 Å². The molecule has 0 spiro atoms. The quantitative estimate of drug-likeness (QED) is 0.188. The number of phenolic OH excluding ortho intramolecular Hbond substituents is 1. The van der Waals surface area contributed by atoms with Crippen molar-refractivity contribution in [2.24, 2.45) is 0 Å². The molecule has 0 fully saturated rings. The van der Waals surface area contributed by atoms with Crippen LogP contribution in [-0.4, -0.2) is 58.6 Å². The number of rotatable bonds is 8. The normalized spacial score (nSPS) is 16.7. The highest BCUT2D eigenvalue weighted by molar-refractivity contribution is 5.98. The van der Waals surface area contributed by atoms with E-state index < -0.39 is 24.0 Å². The highest BCUT2D eigenvalue weighted by Gasteiger charge is 2.38. The third-order valence-corrected chi connectivity index (χ3v) is 9.87. The van der Waals surface area contributed by atoms with Crippen molar-refractivity contribution >= 4 is 17.8 Å². The third kappa shape index (κ3) is 7.05. The molecule has 7 rings (SSSR count). The summed E-state index contributed by atoms with van der Waals surface area (Å²) in [7, 11) is 1.29. The Labute approximate surface area is 302 Å². The van der Waals surface area contributed by atoms with E-state index >= 15 is 0 Å². The average molecular weight is 698 g/mol. The Morgan fingerprint density at radius 2 is 1.67 bits per heavy atom. The van der Waals surface area contributed by atoms with E-state index in [0.29, 0.717) is 17.1 Å². The summed E-state index contributed by atoms with van der Waals surface area (Å²) in [6.45, 7) is 4.42. The minimum Gasteiger partial charge on any atom is -0.508 e. The van der Waals surface area contributed by atoms with Crippen molar-refractivity contribution in [2.75, 3.05) is 13.7 Å². The molecule has 10 nitrogen and oxygen atoms in total. The van der Waals surface area contributed by atoms with Gasteiger partial charge in [0, 0.05) is 36.8 Å². The van der Waals surface area contributed by atoms with Gasteiger partial charge in [-0.2, -0.15) is 0 Å². The lowest BCUT2D eigenvalue weighted by Gasteiger charge is -2.37. The number of aromatic hydroxyl groups is 1. The monoisotopic (exact) mass is 697 g/mol. The molecule has 52 heavy (non-hydrogen) atoms. The summed E-state index contributed by atoms with van der Waals surface area (Å²) in [5.74, 6) is -0.122. The van der Waals surface area contributed by atoms with Crippen molar-refractivity contribution in [2.45, 2.75) is 51.4 Å². The molecule has 4 aromatic carbocycles. The summed E-state index contributed by atoms with van der Waals surface area (Å²) in [5.41, 5.74) is 7.95. The first-order valence-electron chi connectivity index (χ1n) is 17.2. The molecule has 2 aliphatic heterocycles. The Hall–Kier alpha value is -6.16. The minimum atomic E-state index is -0.986. The average Bonchev–Trinajstić information content (AvgIpc) is 3.17. The van der Waals surface area contributed by atoms with Crippen LogP contribution in [0.3, 0.4) is 0 Å². The lowest BCUT2D eigenvalue weighted by atomic mass is 9.91. The fraction of sp³-hybridized carbons (Fsp3) is 0.238. The molecule has 1 aromatic heterocycles. The van der Waals surface area contributed by atoms with E-state index in [2.05, 4.69) is 10.3 Å². The van der Waals surface area contributed by atoms with Gasteiger partial charge in [0.1, 0.15) is 24.4 Å². The van der Waals surface area contributed by atoms with Crippen molar-refractivity contribution in [1.82, 2.24) is 15.2 Å². The van der Waals surface area contributed by atoms with Gasteiger partial charge in [0.15, 0.2) is 17.6 Å². The van der Waals surface area contributed by atoms with Crippen molar-refractivity contribution in [3.05, 3.63) is 142 Å². The Bertz CT molecular complexity index is 2120. The molecule has 0 radical (unpaired) electrons. The molecule has 5 aromatic rings. The van der Waals surface area contributed by atoms with Crippen LogP contribution in [0, 0.1) is 13.8 Å². The molecule has 264 valence electrons. The van der Waals surface area contributed by atoms with Crippen LogP contribution in [0.2, 0.25) is 0 Å². The number of aryl methyl sites for hydroxylation is 1. The lowest BCUT2D eigenvalue weighted by Crippen LogP contribution is -2.56. The largest absolute Gasteiger partial charge is 0.508 e. The number of hydrogen-bond donors (Lipinski definition) is 2. The summed E-state index contributed by atoms with van der Waals surface area (Å²) in [4.78, 5) is 47.2. The van der Waals surface area contributed by atoms with E-state index in [4.69, 9.17) is 14.2 Å². The number of esters is 1. The van der Waals surface area contributed by atoms with Crippen molar-refractivity contribution in [1.29, 1.82) is 0 Å². The second-order valence-electron chi connectivity index (χ2n) is 13.1.